The number of halogens is 3. The average molecular weight is 398 g/mol. The molecule has 0 heterocycles. The Labute approximate surface area is 160 Å². The molecule has 0 saturated heterocycles. The molecule has 2 nitrogen and oxygen atoms in total. The van der Waals surface area contributed by atoms with E-state index in [9.17, 15) is 13.2 Å². The van der Waals surface area contributed by atoms with Crippen molar-refractivity contribution in [1.29, 1.82) is 0 Å². The monoisotopic (exact) mass is 398 g/mol. The van der Waals surface area contributed by atoms with Crippen molar-refractivity contribution in [2.75, 3.05) is 13.9 Å². The summed E-state index contributed by atoms with van der Waals surface area (Å²) in [6.45, 7) is 7.70. The minimum Gasteiger partial charge on any atom is -0.467 e. The van der Waals surface area contributed by atoms with Crippen LogP contribution in [0.2, 0.25) is 0 Å². The number of hydrogen-bond acceptors (Lipinski definition) is 2. The average Bonchev–Trinajstić information content (AvgIpc) is 2.61. The molecular weight excluding hydrogens is 372 g/mol. The van der Waals surface area contributed by atoms with Crippen LogP contribution in [-0.2, 0) is 16.1 Å². The van der Waals surface area contributed by atoms with E-state index >= 15 is 0 Å². The van der Waals surface area contributed by atoms with Crippen LogP contribution in [0.15, 0.2) is 36.4 Å². The van der Waals surface area contributed by atoms with Gasteiger partial charge in [-0.2, -0.15) is 13.2 Å². The lowest BCUT2D eigenvalue weighted by atomic mass is 9.94. The van der Waals surface area contributed by atoms with E-state index in [0.717, 1.165) is 11.1 Å². The van der Waals surface area contributed by atoms with E-state index in [-0.39, 0.29) is 15.4 Å². The van der Waals surface area contributed by atoms with Gasteiger partial charge < -0.3 is 9.47 Å². The molecule has 2 aromatic rings. The number of benzene rings is 2. The fraction of sp³-hybridized carbons (Fsp3) is 0.429. The van der Waals surface area contributed by atoms with Crippen molar-refractivity contribution >= 4 is 13.9 Å². The summed E-state index contributed by atoms with van der Waals surface area (Å²) in [5.41, 5.74) is 1.91. The van der Waals surface area contributed by atoms with Crippen LogP contribution >= 0.6 is 8.58 Å². The Morgan fingerprint density at radius 1 is 1.04 bits per heavy atom. The SMILES string of the molecule is CCC(C)(Pc1ccc(C)cc1C(F)(F)F)c1cccc(C)c1OCOC. The zero-order valence-electron chi connectivity index (χ0n) is 16.3. The summed E-state index contributed by atoms with van der Waals surface area (Å²) in [7, 11) is 1.49. The molecule has 0 aliphatic heterocycles. The maximum atomic E-state index is 13.6. The lowest BCUT2D eigenvalue weighted by molar-refractivity contribution is -0.136. The van der Waals surface area contributed by atoms with Crippen molar-refractivity contribution in [3.63, 3.8) is 0 Å². The normalized spacial score (nSPS) is 14.5. The minimum atomic E-state index is -4.37. The van der Waals surface area contributed by atoms with E-state index < -0.39 is 16.9 Å². The molecule has 0 aliphatic rings. The zero-order chi connectivity index (χ0) is 20.2. The van der Waals surface area contributed by atoms with Crippen molar-refractivity contribution in [2.24, 2.45) is 0 Å². The predicted molar refractivity (Wildman–Crippen MR) is 105 cm³/mol. The molecule has 0 aromatic heterocycles. The van der Waals surface area contributed by atoms with Crippen molar-refractivity contribution in [1.82, 2.24) is 0 Å². The van der Waals surface area contributed by atoms with Crippen molar-refractivity contribution in [3.8, 4) is 5.75 Å². The summed E-state index contributed by atoms with van der Waals surface area (Å²) >= 11 is 0. The molecule has 0 bridgehead atoms. The van der Waals surface area contributed by atoms with Gasteiger partial charge in [0.15, 0.2) is 6.79 Å². The van der Waals surface area contributed by atoms with Gasteiger partial charge in [0, 0.05) is 17.8 Å². The number of methoxy groups -OCH3 is 1. The van der Waals surface area contributed by atoms with Gasteiger partial charge >= 0.3 is 6.18 Å². The van der Waals surface area contributed by atoms with E-state index in [2.05, 4.69) is 0 Å². The first-order valence-corrected chi connectivity index (χ1v) is 9.80. The fourth-order valence-corrected chi connectivity index (χ4v) is 4.66. The molecule has 27 heavy (non-hydrogen) atoms. The van der Waals surface area contributed by atoms with E-state index in [1.807, 2.05) is 39.0 Å². The van der Waals surface area contributed by atoms with Crippen molar-refractivity contribution in [3.05, 3.63) is 58.7 Å². The number of para-hydroxylation sites is 1. The van der Waals surface area contributed by atoms with E-state index in [1.165, 1.54) is 6.07 Å². The number of aryl methyl sites for hydroxylation is 2. The predicted octanol–water partition coefficient (Wildman–Crippen LogP) is 5.93. The first-order chi connectivity index (χ1) is 12.6. The number of rotatable bonds is 7. The summed E-state index contributed by atoms with van der Waals surface area (Å²) in [6, 6.07) is 10.4. The Kier molecular flexibility index (Phi) is 6.93. The lowest BCUT2D eigenvalue weighted by Gasteiger charge is -2.32. The molecular formula is C21H26F3O2P. The second-order valence-corrected chi connectivity index (χ2v) is 8.75. The van der Waals surface area contributed by atoms with E-state index in [4.69, 9.17) is 9.47 Å². The molecule has 0 fully saturated rings. The molecule has 0 aliphatic carbocycles. The van der Waals surface area contributed by atoms with Crippen LogP contribution in [-0.4, -0.2) is 13.9 Å². The molecule has 2 aromatic carbocycles. The van der Waals surface area contributed by atoms with Gasteiger partial charge in [-0.1, -0.05) is 58.3 Å². The molecule has 2 rings (SSSR count). The second kappa shape index (κ2) is 8.62. The molecule has 6 heteroatoms. The third-order valence-corrected chi connectivity index (χ3v) is 6.61. The summed E-state index contributed by atoms with van der Waals surface area (Å²) in [6.07, 6.45) is -3.69. The summed E-state index contributed by atoms with van der Waals surface area (Å²) in [5, 5.41) is -0.152. The highest BCUT2D eigenvalue weighted by atomic mass is 31.1. The van der Waals surface area contributed by atoms with Gasteiger partial charge in [-0.05, 0) is 37.2 Å². The molecule has 0 amide bonds. The van der Waals surface area contributed by atoms with Crippen LogP contribution < -0.4 is 10.0 Å². The summed E-state index contributed by atoms with van der Waals surface area (Å²) in [5.74, 6) is 0.692. The standard InChI is InChI=1S/C21H26F3O2P/c1-6-20(4,16-9-7-8-15(3)19(16)26-13-25-5)27-18-11-10-14(2)12-17(18)21(22,23)24/h7-12,27H,6,13H2,1-5H3. The lowest BCUT2D eigenvalue weighted by Crippen LogP contribution is -2.24. The number of alkyl halides is 3. The van der Waals surface area contributed by atoms with Gasteiger partial charge in [-0.25, -0.2) is 0 Å². The van der Waals surface area contributed by atoms with Gasteiger partial charge in [0.05, 0.1) is 5.56 Å². The van der Waals surface area contributed by atoms with Crippen LogP contribution in [0.5, 0.6) is 5.75 Å². The zero-order valence-corrected chi connectivity index (χ0v) is 17.3. The smallest absolute Gasteiger partial charge is 0.417 e. The highest BCUT2D eigenvalue weighted by molar-refractivity contribution is 7.48. The topological polar surface area (TPSA) is 18.5 Å². The van der Waals surface area contributed by atoms with Gasteiger partial charge in [0.25, 0.3) is 0 Å². The van der Waals surface area contributed by atoms with Crippen LogP contribution in [0.4, 0.5) is 13.2 Å². The fourth-order valence-electron chi connectivity index (χ4n) is 3.04. The van der Waals surface area contributed by atoms with E-state index in [0.29, 0.717) is 23.0 Å². The molecule has 2 atom stereocenters. The van der Waals surface area contributed by atoms with Gasteiger partial charge in [0.2, 0.25) is 0 Å². The Balaban J connectivity index is 2.53. The number of hydrogen-bond donors (Lipinski definition) is 0. The summed E-state index contributed by atoms with van der Waals surface area (Å²) in [4.78, 5) is 0. The number of ether oxygens (including phenoxy) is 2. The summed E-state index contributed by atoms with van der Waals surface area (Å²) < 4.78 is 51.6. The van der Waals surface area contributed by atoms with Crippen molar-refractivity contribution in [2.45, 2.75) is 45.4 Å². The largest absolute Gasteiger partial charge is 0.467 e. The van der Waals surface area contributed by atoms with Crippen LogP contribution in [0, 0.1) is 13.8 Å². The maximum Gasteiger partial charge on any atom is 0.417 e. The van der Waals surface area contributed by atoms with Crippen LogP contribution in [0.1, 0.15) is 42.5 Å². The Morgan fingerprint density at radius 3 is 2.33 bits per heavy atom. The van der Waals surface area contributed by atoms with E-state index in [1.54, 1.807) is 26.2 Å². The highest BCUT2D eigenvalue weighted by Gasteiger charge is 2.37. The maximum absolute atomic E-state index is 13.6. The minimum absolute atomic E-state index is 0.0483. The first kappa shape index (κ1) is 21.7. The third kappa shape index (κ3) is 5.03. The van der Waals surface area contributed by atoms with Crippen molar-refractivity contribution < 1.29 is 22.6 Å². The van der Waals surface area contributed by atoms with Crippen LogP contribution in [0.25, 0.3) is 0 Å². The van der Waals surface area contributed by atoms with Gasteiger partial charge in [-0.3, -0.25) is 0 Å². The molecule has 2 unspecified atom stereocenters. The molecule has 0 N–H and O–H groups in total. The quantitative estimate of drug-likeness (QED) is 0.425. The third-order valence-electron chi connectivity index (χ3n) is 4.73. The second-order valence-electron chi connectivity index (χ2n) is 6.86. The van der Waals surface area contributed by atoms with Gasteiger partial charge in [0.1, 0.15) is 5.75 Å². The first-order valence-electron chi connectivity index (χ1n) is 8.80. The molecule has 0 radical (unpaired) electrons. The Morgan fingerprint density at radius 2 is 1.74 bits per heavy atom. The molecule has 148 valence electrons. The van der Waals surface area contributed by atoms with Crippen LogP contribution in [0.3, 0.4) is 0 Å². The Bertz CT molecular complexity index is 789. The molecule has 0 spiro atoms. The molecule has 0 saturated carbocycles. The van der Waals surface area contributed by atoms with Gasteiger partial charge in [-0.15, -0.1) is 0 Å². The Hall–Kier alpha value is -1.58. The highest BCUT2D eigenvalue weighted by Crippen LogP contribution is 2.49.